The summed E-state index contributed by atoms with van der Waals surface area (Å²) >= 11 is 0. The number of rotatable bonds is 8. The number of alkyl carbamates (subject to hydrolysis) is 1. The Morgan fingerprint density at radius 2 is 1.85 bits per heavy atom. The van der Waals surface area contributed by atoms with Crippen LogP contribution in [0.5, 0.6) is 5.75 Å². The van der Waals surface area contributed by atoms with Crippen LogP contribution in [0.4, 0.5) is 4.79 Å². The van der Waals surface area contributed by atoms with E-state index in [0.717, 1.165) is 11.1 Å². The predicted molar refractivity (Wildman–Crippen MR) is 103 cm³/mol. The number of amides is 1. The Balaban J connectivity index is 1.75. The molecule has 0 aliphatic carbocycles. The van der Waals surface area contributed by atoms with E-state index in [1.165, 1.54) is 14.2 Å². The molecule has 6 nitrogen and oxygen atoms in total. The molecular weight excluding hydrogens is 346 g/mol. The molecule has 2 rings (SSSR count). The average molecular weight is 369 g/mol. The summed E-state index contributed by atoms with van der Waals surface area (Å²) in [6.07, 6.45) is 4.00. The highest BCUT2D eigenvalue weighted by molar-refractivity contribution is 5.92. The minimum atomic E-state index is -0.448. The van der Waals surface area contributed by atoms with Crippen molar-refractivity contribution in [3.63, 3.8) is 0 Å². The summed E-state index contributed by atoms with van der Waals surface area (Å²) < 4.78 is 15.1. The fraction of sp³-hybridized carbons (Fsp3) is 0.238. The molecule has 0 unspecified atom stereocenters. The molecule has 0 aromatic heterocycles. The summed E-state index contributed by atoms with van der Waals surface area (Å²) in [5.74, 6) is 0.00668. The number of carbonyl (C=O) groups is 2. The van der Waals surface area contributed by atoms with Gasteiger partial charge >= 0.3 is 12.1 Å². The lowest BCUT2D eigenvalue weighted by molar-refractivity contribution is 0.0597. The lowest BCUT2D eigenvalue weighted by Crippen LogP contribution is -2.24. The largest absolute Gasteiger partial charge is 0.496 e. The second-order valence-electron chi connectivity index (χ2n) is 5.63. The van der Waals surface area contributed by atoms with Gasteiger partial charge in [-0.1, -0.05) is 48.6 Å². The van der Waals surface area contributed by atoms with Crippen LogP contribution in [0.15, 0.2) is 54.6 Å². The molecule has 6 heteroatoms. The molecule has 0 spiro atoms. The van der Waals surface area contributed by atoms with E-state index in [2.05, 4.69) is 5.32 Å². The summed E-state index contributed by atoms with van der Waals surface area (Å²) in [6, 6.07) is 14.7. The zero-order chi connectivity index (χ0) is 19.5. The lowest BCUT2D eigenvalue weighted by Gasteiger charge is -2.07. The van der Waals surface area contributed by atoms with Gasteiger partial charge in [0, 0.05) is 6.54 Å². The van der Waals surface area contributed by atoms with Crippen molar-refractivity contribution in [1.82, 2.24) is 5.32 Å². The van der Waals surface area contributed by atoms with E-state index in [4.69, 9.17) is 14.2 Å². The predicted octanol–water partition coefficient (Wildman–Crippen LogP) is 3.81. The third kappa shape index (κ3) is 6.51. The van der Waals surface area contributed by atoms with Crippen LogP contribution >= 0.6 is 0 Å². The summed E-state index contributed by atoms with van der Waals surface area (Å²) in [4.78, 5) is 23.3. The van der Waals surface area contributed by atoms with Gasteiger partial charge in [0.2, 0.25) is 0 Å². The Morgan fingerprint density at radius 3 is 2.56 bits per heavy atom. The first-order valence-electron chi connectivity index (χ1n) is 8.51. The third-order valence-corrected chi connectivity index (χ3v) is 3.73. The van der Waals surface area contributed by atoms with Crippen LogP contribution in [0.1, 0.15) is 27.9 Å². The van der Waals surface area contributed by atoms with Crippen LogP contribution in [0.2, 0.25) is 0 Å². The van der Waals surface area contributed by atoms with E-state index in [1.54, 1.807) is 18.2 Å². The lowest BCUT2D eigenvalue weighted by atomic mass is 10.1. The Bertz CT molecular complexity index is 786. The van der Waals surface area contributed by atoms with Gasteiger partial charge in [0.25, 0.3) is 0 Å². The first-order chi connectivity index (χ1) is 13.1. The Kier molecular flexibility index (Phi) is 7.91. The Labute approximate surface area is 158 Å². The van der Waals surface area contributed by atoms with Crippen molar-refractivity contribution >= 4 is 18.1 Å². The first kappa shape index (κ1) is 20.0. The second-order valence-corrected chi connectivity index (χ2v) is 5.63. The molecule has 0 saturated heterocycles. The first-order valence-corrected chi connectivity index (χ1v) is 8.51. The summed E-state index contributed by atoms with van der Waals surface area (Å²) in [7, 11) is 2.83. The Morgan fingerprint density at radius 1 is 1.07 bits per heavy atom. The van der Waals surface area contributed by atoms with Gasteiger partial charge in [0.1, 0.15) is 17.9 Å². The molecule has 2 aromatic carbocycles. The summed E-state index contributed by atoms with van der Waals surface area (Å²) in [5, 5.41) is 2.70. The van der Waals surface area contributed by atoms with E-state index in [-0.39, 0.29) is 6.61 Å². The molecular formula is C21H23NO5. The number of methoxy groups -OCH3 is 2. The van der Waals surface area contributed by atoms with Crippen LogP contribution in [-0.4, -0.2) is 32.8 Å². The van der Waals surface area contributed by atoms with Gasteiger partial charge < -0.3 is 19.5 Å². The van der Waals surface area contributed by atoms with Crippen molar-refractivity contribution in [2.24, 2.45) is 0 Å². The van der Waals surface area contributed by atoms with Crippen LogP contribution < -0.4 is 10.1 Å². The molecule has 0 heterocycles. The monoisotopic (exact) mass is 369 g/mol. The smallest absolute Gasteiger partial charge is 0.407 e. The molecule has 1 N–H and O–H groups in total. The Hall–Kier alpha value is -3.28. The zero-order valence-corrected chi connectivity index (χ0v) is 15.4. The van der Waals surface area contributed by atoms with E-state index in [9.17, 15) is 9.59 Å². The number of nitrogens with one attached hydrogen (secondary N) is 1. The maximum absolute atomic E-state index is 11.6. The molecule has 0 fully saturated rings. The molecule has 0 bridgehead atoms. The standard InChI is InChI=1S/C21H23NO5/c1-25-19-14-16(11-12-18(19)20(23)26-2)8-6-7-13-22-21(24)27-15-17-9-4-3-5-10-17/h3-6,8-12,14H,7,13,15H2,1-2H3,(H,22,24). The molecule has 0 radical (unpaired) electrons. The van der Waals surface area contributed by atoms with Gasteiger partial charge in [-0.2, -0.15) is 0 Å². The fourth-order valence-corrected chi connectivity index (χ4v) is 2.34. The van der Waals surface area contributed by atoms with Gasteiger partial charge in [0.05, 0.1) is 14.2 Å². The number of benzene rings is 2. The highest BCUT2D eigenvalue weighted by Gasteiger charge is 2.12. The van der Waals surface area contributed by atoms with Crippen molar-refractivity contribution < 1.29 is 23.8 Å². The maximum Gasteiger partial charge on any atom is 0.407 e. The summed E-state index contributed by atoms with van der Waals surface area (Å²) in [6.45, 7) is 0.705. The van der Waals surface area contributed by atoms with Crippen LogP contribution in [0.3, 0.4) is 0 Å². The van der Waals surface area contributed by atoms with Crippen molar-refractivity contribution in [3.8, 4) is 5.75 Å². The van der Waals surface area contributed by atoms with Crippen LogP contribution in [-0.2, 0) is 16.1 Å². The van der Waals surface area contributed by atoms with E-state index >= 15 is 0 Å². The van der Waals surface area contributed by atoms with Gasteiger partial charge in [0.15, 0.2) is 0 Å². The molecule has 1 amide bonds. The molecule has 27 heavy (non-hydrogen) atoms. The molecule has 0 aliphatic rings. The average Bonchev–Trinajstić information content (AvgIpc) is 2.72. The minimum Gasteiger partial charge on any atom is -0.496 e. The summed E-state index contributed by atoms with van der Waals surface area (Å²) in [5.41, 5.74) is 2.20. The molecule has 142 valence electrons. The molecule has 0 atom stereocenters. The van der Waals surface area contributed by atoms with Crippen LogP contribution in [0.25, 0.3) is 6.08 Å². The van der Waals surface area contributed by atoms with Crippen LogP contribution in [0, 0.1) is 0 Å². The number of hydrogen-bond acceptors (Lipinski definition) is 5. The van der Waals surface area contributed by atoms with E-state index in [0.29, 0.717) is 24.3 Å². The molecule has 0 aliphatic heterocycles. The van der Waals surface area contributed by atoms with Crippen molar-refractivity contribution in [3.05, 3.63) is 71.3 Å². The second kappa shape index (κ2) is 10.7. The zero-order valence-electron chi connectivity index (χ0n) is 15.4. The number of esters is 1. The van der Waals surface area contributed by atoms with Gasteiger partial charge in [-0.15, -0.1) is 0 Å². The fourth-order valence-electron chi connectivity index (χ4n) is 2.34. The highest BCUT2D eigenvalue weighted by Crippen LogP contribution is 2.21. The highest BCUT2D eigenvalue weighted by atomic mass is 16.5. The van der Waals surface area contributed by atoms with Gasteiger partial charge in [-0.25, -0.2) is 9.59 Å². The normalized spacial score (nSPS) is 10.4. The van der Waals surface area contributed by atoms with Crippen molar-refractivity contribution in [2.45, 2.75) is 13.0 Å². The quantitative estimate of drug-likeness (QED) is 0.566. The van der Waals surface area contributed by atoms with Gasteiger partial charge in [-0.05, 0) is 29.7 Å². The maximum atomic E-state index is 11.6. The third-order valence-electron chi connectivity index (χ3n) is 3.73. The number of ether oxygens (including phenoxy) is 3. The SMILES string of the molecule is COC(=O)c1ccc(C=CCCNC(=O)OCc2ccccc2)cc1OC. The van der Waals surface area contributed by atoms with E-state index in [1.807, 2.05) is 42.5 Å². The topological polar surface area (TPSA) is 73.9 Å². The molecule has 0 saturated carbocycles. The number of carbonyl (C=O) groups excluding carboxylic acids is 2. The van der Waals surface area contributed by atoms with Crippen molar-refractivity contribution in [1.29, 1.82) is 0 Å². The number of hydrogen-bond donors (Lipinski definition) is 1. The van der Waals surface area contributed by atoms with Gasteiger partial charge in [-0.3, -0.25) is 0 Å². The van der Waals surface area contributed by atoms with E-state index < -0.39 is 12.1 Å². The minimum absolute atomic E-state index is 0.245. The van der Waals surface area contributed by atoms with Crippen molar-refractivity contribution in [2.75, 3.05) is 20.8 Å². The molecule has 2 aromatic rings.